The second-order valence-electron chi connectivity index (χ2n) is 5.39. The third-order valence-corrected chi connectivity index (χ3v) is 4.52. The normalized spacial score (nSPS) is 11.8. The summed E-state index contributed by atoms with van der Waals surface area (Å²) in [6.07, 6.45) is 8.98. The molecule has 0 bridgehead atoms. The minimum Gasteiger partial charge on any atom is -0.225 e. The Balaban J connectivity index is 2.91. The zero-order chi connectivity index (χ0) is 15.0. The molecule has 0 atom stereocenters. The second kappa shape index (κ2) is 8.42. The Morgan fingerprint density at radius 2 is 1.45 bits per heavy atom. The highest BCUT2D eigenvalue weighted by molar-refractivity contribution is 7.89. The third kappa shape index (κ3) is 5.63. The van der Waals surface area contributed by atoms with Crippen LogP contribution < -0.4 is 5.14 Å². The van der Waals surface area contributed by atoms with E-state index in [2.05, 4.69) is 13.8 Å². The number of aryl methyl sites for hydroxylation is 2. The number of benzene rings is 1. The van der Waals surface area contributed by atoms with Gasteiger partial charge in [-0.2, -0.15) is 0 Å². The topological polar surface area (TPSA) is 60.2 Å². The minimum atomic E-state index is -3.60. The van der Waals surface area contributed by atoms with Crippen molar-refractivity contribution >= 4 is 10.0 Å². The van der Waals surface area contributed by atoms with Gasteiger partial charge < -0.3 is 0 Å². The lowest BCUT2D eigenvalue weighted by molar-refractivity contribution is 0.597. The standard InChI is InChI=1S/C16H27NO2S/c1-3-5-7-9-14-11-12-16(20(17,18)19)13-15(14)10-8-6-4-2/h11-13H,3-10H2,1-2H3,(H2,17,18,19). The maximum atomic E-state index is 11.5. The number of sulfonamides is 1. The van der Waals surface area contributed by atoms with Gasteiger partial charge in [-0.3, -0.25) is 0 Å². The van der Waals surface area contributed by atoms with E-state index < -0.39 is 10.0 Å². The van der Waals surface area contributed by atoms with Crippen LogP contribution >= 0.6 is 0 Å². The number of rotatable bonds is 9. The quantitative estimate of drug-likeness (QED) is 0.705. The van der Waals surface area contributed by atoms with Crippen LogP contribution in [0.1, 0.15) is 63.5 Å². The second-order valence-corrected chi connectivity index (χ2v) is 6.95. The third-order valence-electron chi connectivity index (χ3n) is 3.61. The molecule has 0 heterocycles. The molecule has 114 valence electrons. The highest BCUT2D eigenvalue weighted by Crippen LogP contribution is 2.20. The van der Waals surface area contributed by atoms with E-state index >= 15 is 0 Å². The van der Waals surface area contributed by atoms with Crippen LogP contribution in [0, 0.1) is 0 Å². The van der Waals surface area contributed by atoms with Gasteiger partial charge in [-0.15, -0.1) is 0 Å². The smallest absolute Gasteiger partial charge is 0.225 e. The van der Waals surface area contributed by atoms with Crippen molar-refractivity contribution in [1.82, 2.24) is 0 Å². The molecular formula is C16H27NO2S. The maximum Gasteiger partial charge on any atom is 0.238 e. The van der Waals surface area contributed by atoms with Crippen LogP contribution in [0.5, 0.6) is 0 Å². The number of hydrogen-bond donors (Lipinski definition) is 1. The molecule has 0 aliphatic rings. The molecule has 0 unspecified atom stereocenters. The van der Waals surface area contributed by atoms with E-state index in [0.29, 0.717) is 0 Å². The molecule has 0 radical (unpaired) electrons. The van der Waals surface area contributed by atoms with Gasteiger partial charge in [-0.05, 0) is 48.9 Å². The molecule has 20 heavy (non-hydrogen) atoms. The maximum absolute atomic E-state index is 11.5. The van der Waals surface area contributed by atoms with Gasteiger partial charge in [0.05, 0.1) is 4.90 Å². The van der Waals surface area contributed by atoms with Crippen molar-refractivity contribution in [1.29, 1.82) is 0 Å². The number of unbranched alkanes of at least 4 members (excludes halogenated alkanes) is 4. The summed E-state index contributed by atoms with van der Waals surface area (Å²) in [5.74, 6) is 0. The Kier molecular flexibility index (Phi) is 7.24. The molecule has 1 rings (SSSR count). The molecule has 0 aliphatic carbocycles. The Morgan fingerprint density at radius 1 is 0.900 bits per heavy atom. The van der Waals surface area contributed by atoms with Crippen molar-refractivity contribution in [3.8, 4) is 0 Å². The molecule has 4 heteroatoms. The summed E-state index contributed by atoms with van der Waals surface area (Å²) in [6, 6.07) is 5.35. The predicted molar refractivity (Wildman–Crippen MR) is 84.3 cm³/mol. The molecule has 1 aromatic carbocycles. The predicted octanol–water partition coefficient (Wildman–Crippen LogP) is 3.80. The van der Waals surface area contributed by atoms with E-state index in [0.717, 1.165) is 31.2 Å². The summed E-state index contributed by atoms with van der Waals surface area (Å²) in [7, 11) is -3.60. The Labute approximate surface area is 123 Å². The SMILES string of the molecule is CCCCCc1ccc(S(N)(=O)=O)cc1CCCCC. The molecule has 3 nitrogen and oxygen atoms in total. The fraction of sp³-hybridized carbons (Fsp3) is 0.625. The van der Waals surface area contributed by atoms with Gasteiger partial charge in [0.25, 0.3) is 0 Å². The van der Waals surface area contributed by atoms with E-state index in [1.54, 1.807) is 12.1 Å². The number of primary sulfonamides is 1. The van der Waals surface area contributed by atoms with Crippen LogP contribution in [0.15, 0.2) is 23.1 Å². The highest BCUT2D eigenvalue weighted by atomic mass is 32.2. The van der Waals surface area contributed by atoms with Crippen molar-refractivity contribution in [3.05, 3.63) is 29.3 Å². The van der Waals surface area contributed by atoms with Gasteiger partial charge in [-0.25, -0.2) is 13.6 Å². The molecule has 0 fully saturated rings. The highest BCUT2D eigenvalue weighted by Gasteiger charge is 2.11. The van der Waals surface area contributed by atoms with E-state index in [1.807, 2.05) is 6.07 Å². The Morgan fingerprint density at radius 3 is 1.95 bits per heavy atom. The van der Waals surface area contributed by atoms with Crippen LogP contribution in [0.3, 0.4) is 0 Å². The van der Waals surface area contributed by atoms with Crippen molar-refractivity contribution in [2.75, 3.05) is 0 Å². The lowest BCUT2D eigenvalue weighted by atomic mass is 9.97. The monoisotopic (exact) mass is 297 g/mol. The first-order valence-corrected chi connectivity index (χ1v) is 9.18. The first-order valence-electron chi connectivity index (χ1n) is 7.63. The first-order chi connectivity index (χ1) is 9.49. The van der Waals surface area contributed by atoms with E-state index in [-0.39, 0.29) is 4.90 Å². The van der Waals surface area contributed by atoms with Crippen molar-refractivity contribution in [2.24, 2.45) is 5.14 Å². The molecule has 0 amide bonds. The summed E-state index contributed by atoms with van der Waals surface area (Å²) in [5.41, 5.74) is 2.43. The fourth-order valence-corrected chi connectivity index (χ4v) is 2.95. The summed E-state index contributed by atoms with van der Waals surface area (Å²) in [6.45, 7) is 4.36. The van der Waals surface area contributed by atoms with Crippen LogP contribution in [0.4, 0.5) is 0 Å². The molecule has 0 aromatic heterocycles. The van der Waals surface area contributed by atoms with E-state index in [9.17, 15) is 8.42 Å². The van der Waals surface area contributed by atoms with Crippen LogP contribution in [-0.2, 0) is 22.9 Å². The fourth-order valence-electron chi connectivity index (χ4n) is 2.39. The van der Waals surface area contributed by atoms with Crippen molar-refractivity contribution < 1.29 is 8.42 Å². The van der Waals surface area contributed by atoms with Gasteiger partial charge in [0.1, 0.15) is 0 Å². The van der Waals surface area contributed by atoms with Crippen molar-refractivity contribution in [2.45, 2.75) is 70.1 Å². The summed E-state index contributed by atoms with van der Waals surface area (Å²) >= 11 is 0. The van der Waals surface area contributed by atoms with Gasteiger partial charge in [0, 0.05) is 0 Å². The number of hydrogen-bond acceptors (Lipinski definition) is 2. The lowest BCUT2D eigenvalue weighted by Gasteiger charge is -2.11. The molecule has 1 aromatic rings. The average Bonchev–Trinajstić information content (AvgIpc) is 2.39. The summed E-state index contributed by atoms with van der Waals surface area (Å²) < 4.78 is 22.9. The van der Waals surface area contributed by atoms with Crippen LogP contribution in [-0.4, -0.2) is 8.42 Å². The zero-order valence-electron chi connectivity index (χ0n) is 12.7. The zero-order valence-corrected chi connectivity index (χ0v) is 13.5. The van der Waals surface area contributed by atoms with Gasteiger partial charge in [0.2, 0.25) is 10.0 Å². The van der Waals surface area contributed by atoms with E-state index in [4.69, 9.17) is 5.14 Å². The molecule has 0 spiro atoms. The van der Waals surface area contributed by atoms with Gasteiger partial charge >= 0.3 is 0 Å². The Bertz CT molecular complexity index is 509. The molecule has 0 saturated carbocycles. The molecule has 0 saturated heterocycles. The molecule has 2 N–H and O–H groups in total. The summed E-state index contributed by atoms with van der Waals surface area (Å²) in [5, 5.41) is 5.22. The van der Waals surface area contributed by atoms with Crippen LogP contribution in [0.2, 0.25) is 0 Å². The number of nitrogens with two attached hydrogens (primary N) is 1. The van der Waals surface area contributed by atoms with Crippen LogP contribution in [0.25, 0.3) is 0 Å². The van der Waals surface area contributed by atoms with Crippen molar-refractivity contribution in [3.63, 3.8) is 0 Å². The Hall–Kier alpha value is -0.870. The largest absolute Gasteiger partial charge is 0.238 e. The van der Waals surface area contributed by atoms with Gasteiger partial charge in [-0.1, -0.05) is 45.6 Å². The average molecular weight is 297 g/mol. The van der Waals surface area contributed by atoms with Gasteiger partial charge in [0.15, 0.2) is 0 Å². The van der Waals surface area contributed by atoms with E-state index in [1.165, 1.54) is 31.2 Å². The first kappa shape index (κ1) is 17.2. The lowest BCUT2D eigenvalue weighted by Crippen LogP contribution is -2.13. The minimum absolute atomic E-state index is 0.239. The molecule has 0 aliphatic heterocycles. The molecular weight excluding hydrogens is 270 g/mol. The summed E-state index contributed by atoms with van der Waals surface area (Å²) in [4.78, 5) is 0.239.